The van der Waals surface area contributed by atoms with Gasteiger partial charge in [0, 0.05) is 24.0 Å². The van der Waals surface area contributed by atoms with Crippen molar-refractivity contribution in [1.82, 2.24) is 9.97 Å². The molecule has 0 fully saturated rings. The van der Waals surface area contributed by atoms with Crippen molar-refractivity contribution in [2.75, 3.05) is 17.2 Å². The van der Waals surface area contributed by atoms with Gasteiger partial charge in [0.15, 0.2) is 0 Å². The van der Waals surface area contributed by atoms with Gasteiger partial charge in [0.1, 0.15) is 11.6 Å². The Morgan fingerprint density at radius 3 is 2.84 bits per heavy atom. The van der Waals surface area contributed by atoms with Gasteiger partial charge in [0.25, 0.3) is 0 Å². The van der Waals surface area contributed by atoms with E-state index in [1.54, 1.807) is 6.07 Å². The summed E-state index contributed by atoms with van der Waals surface area (Å²) in [5, 5.41) is 6.50. The Morgan fingerprint density at radius 2 is 2.08 bits per heavy atom. The van der Waals surface area contributed by atoms with E-state index in [2.05, 4.69) is 26.7 Å². The third-order valence-corrected chi connectivity index (χ3v) is 4.46. The van der Waals surface area contributed by atoms with Crippen LogP contribution in [0.2, 0.25) is 5.02 Å². The predicted molar refractivity (Wildman–Crippen MR) is 101 cm³/mol. The maximum absolute atomic E-state index is 13.3. The normalized spacial score (nSPS) is 14.1. The van der Waals surface area contributed by atoms with E-state index in [4.69, 9.17) is 11.6 Å². The first kappa shape index (κ1) is 17.7. The Hall–Kier alpha value is -2.14. The molecule has 3 rings (SSSR count). The van der Waals surface area contributed by atoms with Gasteiger partial charge < -0.3 is 10.6 Å². The fourth-order valence-electron chi connectivity index (χ4n) is 2.90. The summed E-state index contributed by atoms with van der Waals surface area (Å²) in [6.07, 6.45) is 8.43. The van der Waals surface area contributed by atoms with Crippen LogP contribution in [-0.2, 0) is 0 Å². The SMILES string of the molecule is Cc1cc(NCCC2=CCCCC2)nc(Nc2ccc(F)c(Cl)c2)n1. The summed E-state index contributed by atoms with van der Waals surface area (Å²) in [5.74, 6) is 0.790. The molecular formula is C19H22ClFN4. The molecule has 0 radical (unpaired) electrons. The number of allylic oxidation sites excluding steroid dienone is 1. The van der Waals surface area contributed by atoms with Gasteiger partial charge in [0.05, 0.1) is 5.02 Å². The number of halogens is 2. The number of aromatic nitrogens is 2. The standard InChI is InChI=1S/C19H22ClFN4/c1-13-11-18(22-10-9-14-5-3-2-4-6-14)25-19(23-13)24-15-7-8-17(21)16(20)12-15/h5,7-8,11-12H,2-4,6,9-10H2,1H3,(H2,22,23,24,25). The van der Waals surface area contributed by atoms with Gasteiger partial charge in [-0.1, -0.05) is 23.3 Å². The number of anilines is 3. The summed E-state index contributed by atoms with van der Waals surface area (Å²) < 4.78 is 13.3. The molecule has 0 aliphatic heterocycles. The lowest BCUT2D eigenvalue weighted by atomic mass is 9.97. The second kappa shape index (κ2) is 8.30. The van der Waals surface area contributed by atoms with Gasteiger partial charge >= 0.3 is 0 Å². The van der Waals surface area contributed by atoms with E-state index in [0.29, 0.717) is 11.6 Å². The van der Waals surface area contributed by atoms with Crippen LogP contribution in [0.1, 0.15) is 37.8 Å². The average Bonchev–Trinajstić information content (AvgIpc) is 2.59. The van der Waals surface area contributed by atoms with Crippen molar-refractivity contribution in [1.29, 1.82) is 0 Å². The van der Waals surface area contributed by atoms with Crippen molar-refractivity contribution in [3.05, 3.63) is 52.4 Å². The Labute approximate surface area is 152 Å². The first-order chi connectivity index (χ1) is 12.1. The molecule has 1 aromatic carbocycles. The van der Waals surface area contributed by atoms with Crippen LogP contribution in [0.5, 0.6) is 0 Å². The van der Waals surface area contributed by atoms with Crippen molar-refractivity contribution in [3.8, 4) is 0 Å². The van der Waals surface area contributed by atoms with Crippen LogP contribution in [0.15, 0.2) is 35.9 Å². The molecule has 6 heteroatoms. The van der Waals surface area contributed by atoms with Crippen LogP contribution in [0.25, 0.3) is 0 Å². The molecule has 0 saturated heterocycles. The fraction of sp³-hybridized carbons (Fsp3) is 0.368. The van der Waals surface area contributed by atoms with Gasteiger partial charge in [-0.25, -0.2) is 9.37 Å². The highest BCUT2D eigenvalue weighted by Crippen LogP contribution is 2.23. The topological polar surface area (TPSA) is 49.8 Å². The summed E-state index contributed by atoms with van der Waals surface area (Å²) >= 11 is 5.81. The molecule has 2 N–H and O–H groups in total. The maximum atomic E-state index is 13.3. The van der Waals surface area contributed by atoms with E-state index in [1.165, 1.54) is 43.4 Å². The minimum absolute atomic E-state index is 0.0664. The number of hydrogen-bond acceptors (Lipinski definition) is 4. The van der Waals surface area contributed by atoms with E-state index >= 15 is 0 Å². The van der Waals surface area contributed by atoms with Gasteiger partial charge in [-0.15, -0.1) is 0 Å². The van der Waals surface area contributed by atoms with Crippen LogP contribution in [0, 0.1) is 12.7 Å². The summed E-state index contributed by atoms with van der Waals surface area (Å²) in [6, 6.07) is 6.36. The number of rotatable bonds is 6. The molecule has 0 saturated carbocycles. The monoisotopic (exact) mass is 360 g/mol. The lowest BCUT2D eigenvalue weighted by molar-refractivity contribution is 0.628. The lowest BCUT2D eigenvalue weighted by Gasteiger charge is -2.14. The lowest BCUT2D eigenvalue weighted by Crippen LogP contribution is -2.08. The maximum Gasteiger partial charge on any atom is 0.229 e. The first-order valence-corrected chi connectivity index (χ1v) is 8.97. The van der Waals surface area contributed by atoms with Crippen molar-refractivity contribution >= 4 is 29.1 Å². The highest BCUT2D eigenvalue weighted by atomic mass is 35.5. The summed E-state index contributed by atoms with van der Waals surface area (Å²) in [4.78, 5) is 8.84. The van der Waals surface area contributed by atoms with E-state index in [-0.39, 0.29) is 5.02 Å². The molecule has 1 heterocycles. The fourth-order valence-corrected chi connectivity index (χ4v) is 3.08. The highest BCUT2D eigenvalue weighted by molar-refractivity contribution is 6.31. The molecular weight excluding hydrogens is 339 g/mol. The molecule has 132 valence electrons. The van der Waals surface area contributed by atoms with Crippen LogP contribution >= 0.6 is 11.6 Å². The second-order valence-corrected chi connectivity index (χ2v) is 6.66. The van der Waals surface area contributed by atoms with Crippen molar-refractivity contribution in [2.45, 2.75) is 39.0 Å². The van der Waals surface area contributed by atoms with Crippen molar-refractivity contribution in [3.63, 3.8) is 0 Å². The number of hydrogen-bond donors (Lipinski definition) is 2. The van der Waals surface area contributed by atoms with Gasteiger partial charge in [-0.05, 0) is 57.2 Å². The minimum Gasteiger partial charge on any atom is -0.370 e. The van der Waals surface area contributed by atoms with Gasteiger partial charge in [0.2, 0.25) is 5.95 Å². The third-order valence-electron chi connectivity index (χ3n) is 4.17. The Kier molecular flexibility index (Phi) is 5.87. The molecule has 4 nitrogen and oxygen atoms in total. The molecule has 1 aliphatic rings. The van der Waals surface area contributed by atoms with Crippen LogP contribution in [-0.4, -0.2) is 16.5 Å². The molecule has 0 amide bonds. The molecule has 0 unspecified atom stereocenters. The Balaban J connectivity index is 1.63. The van der Waals surface area contributed by atoms with Crippen molar-refractivity contribution < 1.29 is 4.39 Å². The predicted octanol–water partition coefficient (Wildman–Crippen LogP) is 5.62. The largest absolute Gasteiger partial charge is 0.370 e. The smallest absolute Gasteiger partial charge is 0.229 e. The molecule has 1 aliphatic carbocycles. The van der Waals surface area contributed by atoms with Crippen LogP contribution < -0.4 is 10.6 Å². The van der Waals surface area contributed by atoms with E-state index in [1.807, 2.05) is 13.0 Å². The number of benzene rings is 1. The Bertz CT molecular complexity index is 776. The summed E-state index contributed by atoms with van der Waals surface area (Å²) in [7, 11) is 0. The molecule has 0 spiro atoms. The van der Waals surface area contributed by atoms with Crippen LogP contribution in [0.4, 0.5) is 21.8 Å². The zero-order valence-electron chi connectivity index (χ0n) is 14.3. The van der Waals surface area contributed by atoms with Crippen molar-refractivity contribution in [2.24, 2.45) is 0 Å². The first-order valence-electron chi connectivity index (χ1n) is 8.60. The summed E-state index contributed by atoms with van der Waals surface area (Å²) in [6.45, 7) is 2.77. The number of aryl methyl sites for hydroxylation is 1. The second-order valence-electron chi connectivity index (χ2n) is 6.26. The van der Waals surface area contributed by atoms with E-state index < -0.39 is 5.82 Å². The summed E-state index contributed by atoms with van der Waals surface area (Å²) in [5.41, 5.74) is 3.03. The van der Waals surface area contributed by atoms with Gasteiger partial charge in [-0.2, -0.15) is 4.98 Å². The Morgan fingerprint density at radius 1 is 1.20 bits per heavy atom. The van der Waals surface area contributed by atoms with E-state index in [9.17, 15) is 4.39 Å². The third kappa shape index (κ3) is 5.16. The zero-order valence-corrected chi connectivity index (χ0v) is 15.0. The minimum atomic E-state index is -0.447. The molecule has 2 aromatic rings. The molecule has 0 bridgehead atoms. The molecule has 1 aromatic heterocycles. The van der Waals surface area contributed by atoms with Crippen LogP contribution in [0.3, 0.4) is 0 Å². The zero-order chi connectivity index (χ0) is 17.6. The highest BCUT2D eigenvalue weighted by Gasteiger charge is 2.07. The number of nitrogens with one attached hydrogen (secondary N) is 2. The van der Waals surface area contributed by atoms with Gasteiger partial charge in [-0.3, -0.25) is 0 Å². The van der Waals surface area contributed by atoms with E-state index in [0.717, 1.165) is 24.5 Å². The number of nitrogens with zero attached hydrogens (tertiary/aromatic N) is 2. The quantitative estimate of drug-likeness (QED) is 0.656. The average molecular weight is 361 g/mol. The molecule has 25 heavy (non-hydrogen) atoms. The molecule has 0 atom stereocenters.